The Balaban J connectivity index is 1.85. The van der Waals surface area contributed by atoms with Gasteiger partial charge in [-0.1, -0.05) is 0 Å². The largest absolute Gasteiger partial charge is 0.378 e. The van der Waals surface area contributed by atoms with Crippen molar-refractivity contribution in [3.8, 4) is 11.4 Å². The molecule has 122 valence electrons. The van der Waals surface area contributed by atoms with E-state index in [4.69, 9.17) is 10.5 Å². The minimum Gasteiger partial charge on any atom is -0.378 e. The molecule has 0 aliphatic carbocycles. The maximum atomic E-state index is 13.1. The first-order chi connectivity index (χ1) is 11.7. The van der Waals surface area contributed by atoms with Gasteiger partial charge >= 0.3 is 0 Å². The molecule has 2 aromatic heterocycles. The second kappa shape index (κ2) is 5.93. The Morgan fingerprint density at radius 2 is 1.75 bits per heavy atom. The zero-order valence-corrected chi connectivity index (χ0v) is 12.7. The highest BCUT2D eigenvalue weighted by Gasteiger charge is 2.19. The van der Waals surface area contributed by atoms with Crippen LogP contribution in [0.15, 0.2) is 24.3 Å². The van der Waals surface area contributed by atoms with Crippen LogP contribution < -0.4 is 10.6 Å². The van der Waals surface area contributed by atoms with Gasteiger partial charge in [-0.25, -0.2) is 9.37 Å². The zero-order valence-electron chi connectivity index (χ0n) is 12.7. The van der Waals surface area contributed by atoms with Gasteiger partial charge in [0.15, 0.2) is 17.2 Å². The Labute approximate surface area is 136 Å². The Kier molecular flexibility index (Phi) is 3.62. The van der Waals surface area contributed by atoms with E-state index in [1.807, 2.05) is 4.90 Å². The number of fused-ring (bicyclic) bond motifs is 1. The van der Waals surface area contributed by atoms with Crippen molar-refractivity contribution in [2.75, 3.05) is 36.9 Å². The predicted octanol–water partition coefficient (Wildman–Crippen LogP) is 1.04. The molecule has 1 fully saturated rings. The molecule has 24 heavy (non-hydrogen) atoms. The van der Waals surface area contributed by atoms with Crippen molar-refractivity contribution >= 4 is 22.9 Å². The van der Waals surface area contributed by atoms with Gasteiger partial charge in [0.2, 0.25) is 11.6 Å². The van der Waals surface area contributed by atoms with E-state index in [1.165, 1.54) is 12.1 Å². The topological polar surface area (TPSA) is 103 Å². The molecule has 8 nitrogen and oxygen atoms in total. The molecule has 0 unspecified atom stereocenters. The maximum Gasteiger partial charge on any atom is 0.224 e. The summed E-state index contributed by atoms with van der Waals surface area (Å²) in [5.74, 6) is 0.789. The summed E-state index contributed by atoms with van der Waals surface area (Å²) < 4.78 is 18.5. The quantitative estimate of drug-likeness (QED) is 0.745. The van der Waals surface area contributed by atoms with Crippen molar-refractivity contribution < 1.29 is 9.13 Å². The number of rotatable bonds is 2. The van der Waals surface area contributed by atoms with Gasteiger partial charge in [0.25, 0.3) is 0 Å². The number of hydrogen-bond acceptors (Lipinski definition) is 8. The summed E-state index contributed by atoms with van der Waals surface area (Å²) >= 11 is 0. The molecule has 2 N–H and O–H groups in total. The third-order valence-corrected chi connectivity index (χ3v) is 3.73. The van der Waals surface area contributed by atoms with Crippen molar-refractivity contribution in [2.24, 2.45) is 0 Å². The van der Waals surface area contributed by atoms with E-state index in [1.54, 1.807) is 12.1 Å². The van der Waals surface area contributed by atoms with Crippen LogP contribution >= 0.6 is 0 Å². The van der Waals surface area contributed by atoms with E-state index in [9.17, 15) is 4.39 Å². The van der Waals surface area contributed by atoms with E-state index in [-0.39, 0.29) is 11.8 Å². The maximum absolute atomic E-state index is 13.1. The summed E-state index contributed by atoms with van der Waals surface area (Å²) in [7, 11) is 0. The monoisotopic (exact) mass is 327 g/mol. The second-order valence-electron chi connectivity index (χ2n) is 5.32. The van der Waals surface area contributed by atoms with Gasteiger partial charge in [0.05, 0.1) is 13.2 Å². The lowest BCUT2D eigenvalue weighted by atomic mass is 10.2. The van der Waals surface area contributed by atoms with Crippen LogP contribution in [-0.2, 0) is 4.74 Å². The normalized spacial score (nSPS) is 15.0. The van der Waals surface area contributed by atoms with Crippen LogP contribution in [0.4, 0.5) is 16.2 Å². The van der Waals surface area contributed by atoms with Crippen LogP contribution in [0.25, 0.3) is 22.6 Å². The molecule has 1 aliphatic rings. The number of halogens is 1. The smallest absolute Gasteiger partial charge is 0.224 e. The average molecular weight is 327 g/mol. The summed E-state index contributed by atoms with van der Waals surface area (Å²) in [5, 5.41) is 8.16. The Bertz CT molecular complexity index is 881. The summed E-state index contributed by atoms with van der Waals surface area (Å²) in [6, 6.07) is 5.91. The summed E-state index contributed by atoms with van der Waals surface area (Å²) in [6.07, 6.45) is 0. The van der Waals surface area contributed by atoms with Crippen molar-refractivity contribution in [2.45, 2.75) is 0 Å². The van der Waals surface area contributed by atoms with Gasteiger partial charge < -0.3 is 15.4 Å². The molecule has 4 rings (SSSR count). The predicted molar refractivity (Wildman–Crippen MR) is 85.8 cm³/mol. The van der Waals surface area contributed by atoms with Crippen molar-refractivity contribution in [1.82, 2.24) is 25.1 Å². The number of nitrogen functional groups attached to an aromatic ring is 1. The highest BCUT2D eigenvalue weighted by atomic mass is 19.1. The van der Waals surface area contributed by atoms with Gasteiger partial charge in [-0.3, -0.25) is 0 Å². The van der Waals surface area contributed by atoms with Crippen LogP contribution in [0.1, 0.15) is 0 Å². The third kappa shape index (κ3) is 2.69. The fourth-order valence-electron chi connectivity index (χ4n) is 2.56. The van der Waals surface area contributed by atoms with E-state index >= 15 is 0 Å². The Morgan fingerprint density at radius 3 is 2.50 bits per heavy atom. The first kappa shape index (κ1) is 14.6. The number of nitrogens with two attached hydrogens (primary N) is 1. The molecule has 0 atom stereocenters. The summed E-state index contributed by atoms with van der Waals surface area (Å²) in [6.45, 7) is 2.58. The molecular formula is C15H14FN7O. The lowest BCUT2D eigenvalue weighted by Gasteiger charge is -2.28. The minimum absolute atomic E-state index is 0.120. The summed E-state index contributed by atoms with van der Waals surface area (Å²) in [5.41, 5.74) is 7.29. The number of ether oxygens (including phenoxy) is 1. The standard InChI is InChI=1S/C15H14FN7O/c16-10-3-1-9(2-4-10)12-18-11-13(22-21-12)19-15(17)20-14(11)23-5-7-24-8-6-23/h1-4H,5-8H2,(H2,17,19,20,22). The highest BCUT2D eigenvalue weighted by Crippen LogP contribution is 2.24. The number of anilines is 2. The van der Waals surface area contributed by atoms with Crippen molar-refractivity contribution in [1.29, 1.82) is 0 Å². The molecule has 1 aromatic carbocycles. The van der Waals surface area contributed by atoms with Crippen molar-refractivity contribution in [3.63, 3.8) is 0 Å². The molecule has 0 saturated carbocycles. The first-order valence-corrected chi connectivity index (χ1v) is 7.47. The molecule has 1 saturated heterocycles. The van der Waals surface area contributed by atoms with Gasteiger partial charge in [-0.15, -0.1) is 10.2 Å². The van der Waals surface area contributed by atoms with E-state index in [0.717, 1.165) is 0 Å². The van der Waals surface area contributed by atoms with Gasteiger partial charge in [0, 0.05) is 18.7 Å². The molecule has 0 amide bonds. The number of morpholine rings is 1. The Hall–Kier alpha value is -2.94. The molecule has 1 aliphatic heterocycles. The fourth-order valence-corrected chi connectivity index (χ4v) is 2.56. The molecule has 0 bridgehead atoms. The lowest BCUT2D eigenvalue weighted by molar-refractivity contribution is 0.122. The van der Waals surface area contributed by atoms with Crippen LogP contribution in [0, 0.1) is 5.82 Å². The van der Waals surface area contributed by atoms with Gasteiger partial charge in [0.1, 0.15) is 5.82 Å². The van der Waals surface area contributed by atoms with Crippen LogP contribution in [-0.4, -0.2) is 51.5 Å². The Morgan fingerprint density at radius 1 is 1.00 bits per heavy atom. The van der Waals surface area contributed by atoms with E-state index in [0.29, 0.717) is 54.7 Å². The first-order valence-electron chi connectivity index (χ1n) is 7.47. The SMILES string of the molecule is Nc1nc(N2CCOCC2)c2nc(-c3ccc(F)cc3)nnc2n1. The summed E-state index contributed by atoms with van der Waals surface area (Å²) in [4.78, 5) is 15.0. The second-order valence-corrected chi connectivity index (χ2v) is 5.32. The number of aromatic nitrogens is 5. The van der Waals surface area contributed by atoms with Gasteiger partial charge in [-0.2, -0.15) is 9.97 Å². The molecule has 3 heterocycles. The third-order valence-electron chi connectivity index (χ3n) is 3.73. The molecule has 0 spiro atoms. The number of nitrogens with zero attached hydrogens (tertiary/aromatic N) is 6. The van der Waals surface area contributed by atoms with Gasteiger partial charge in [-0.05, 0) is 24.3 Å². The molecule has 9 heteroatoms. The number of benzene rings is 1. The zero-order chi connectivity index (χ0) is 16.5. The van der Waals surface area contributed by atoms with E-state index < -0.39 is 0 Å². The van der Waals surface area contributed by atoms with Crippen LogP contribution in [0.2, 0.25) is 0 Å². The molecular weight excluding hydrogens is 313 g/mol. The van der Waals surface area contributed by atoms with Crippen LogP contribution in [0.5, 0.6) is 0 Å². The molecule has 0 radical (unpaired) electrons. The average Bonchev–Trinajstić information content (AvgIpc) is 2.62. The molecule has 3 aromatic rings. The number of hydrogen-bond donors (Lipinski definition) is 1. The van der Waals surface area contributed by atoms with Crippen molar-refractivity contribution in [3.05, 3.63) is 30.1 Å². The van der Waals surface area contributed by atoms with Crippen LogP contribution in [0.3, 0.4) is 0 Å². The fraction of sp³-hybridized carbons (Fsp3) is 0.267. The van der Waals surface area contributed by atoms with E-state index in [2.05, 4.69) is 25.1 Å². The highest BCUT2D eigenvalue weighted by molar-refractivity contribution is 5.84. The minimum atomic E-state index is -0.322. The lowest BCUT2D eigenvalue weighted by Crippen LogP contribution is -2.37.